The Hall–Kier alpha value is -2.02. The second-order valence-electron chi connectivity index (χ2n) is 3.84. The van der Waals surface area contributed by atoms with Crippen molar-refractivity contribution in [2.45, 2.75) is 13.3 Å². The van der Waals surface area contributed by atoms with Crippen molar-refractivity contribution in [2.75, 3.05) is 18.5 Å². The Balaban J connectivity index is 1.92. The van der Waals surface area contributed by atoms with Crippen LogP contribution in [0.4, 0.5) is 5.69 Å². The largest absolute Gasteiger partial charge is 0.486 e. The van der Waals surface area contributed by atoms with E-state index in [2.05, 4.69) is 16.2 Å². The molecule has 19 heavy (non-hydrogen) atoms. The maximum absolute atomic E-state index is 11.1. The highest BCUT2D eigenvalue weighted by molar-refractivity contribution is 7.80. The SMILES string of the molecule is CCC(=O)NNC(=S)Nc1ccc2c(c1)OCCO2. The first-order valence-electron chi connectivity index (χ1n) is 5.94. The fourth-order valence-corrected chi connectivity index (χ4v) is 1.67. The fraction of sp³-hybridized carbons (Fsp3) is 0.333. The number of carbonyl (C=O) groups is 1. The molecule has 102 valence electrons. The molecule has 0 atom stereocenters. The number of anilines is 1. The van der Waals surface area contributed by atoms with Crippen molar-refractivity contribution in [1.82, 2.24) is 10.9 Å². The predicted octanol–water partition coefficient (Wildman–Crippen LogP) is 1.19. The van der Waals surface area contributed by atoms with Crippen LogP contribution in [0.1, 0.15) is 13.3 Å². The molecule has 0 radical (unpaired) electrons. The Labute approximate surface area is 116 Å². The number of rotatable bonds is 2. The summed E-state index contributed by atoms with van der Waals surface area (Å²) in [6, 6.07) is 5.43. The molecule has 3 N–H and O–H groups in total. The molecule has 1 aliphatic rings. The van der Waals surface area contributed by atoms with Crippen molar-refractivity contribution in [1.29, 1.82) is 0 Å². The number of hydrazine groups is 1. The van der Waals surface area contributed by atoms with E-state index in [4.69, 9.17) is 21.7 Å². The normalized spacial score (nSPS) is 12.5. The Bertz CT molecular complexity index is 493. The molecule has 0 spiro atoms. The van der Waals surface area contributed by atoms with E-state index in [0.29, 0.717) is 30.5 Å². The number of nitrogens with one attached hydrogen (secondary N) is 3. The number of ether oxygens (including phenoxy) is 2. The summed E-state index contributed by atoms with van der Waals surface area (Å²) in [7, 11) is 0. The van der Waals surface area contributed by atoms with Gasteiger partial charge in [0.25, 0.3) is 0 Å². The summed E-state index contributed by atoms with van der Waals surface area (Å²) in [4.78, 5) is 11.1. The van der Waals surface area contributed by atoms with E-state index in [1.807, 2.05) is 12.1 Å². The van der Waals surface area contributed by atoms with Crippen LogP contribution in [-0.4, -0.2) is 24.2 Å². The molecule has 0 saturated heterocycles. The lowest BCUT2D eigenvalue weighted by Gasteiger charge is -2.19. The van der Waals surface area contributed by atoms with Crippen molar-refractivity contribution in [3.05, 3.63) is 18.2 Å². The lowest BCUT2D eigenvalue weighted by molar-refractivity contribution is -0.121. The molecule has 0 saturated carbocycles. The molecule has 0 aromatic heterocycles. The van der Waals surface area contributed by atoms with Crippen LogP contribution in [-0.2, 0) is 4.79 Å². The van der Waals surface area contributed by atoms with Crippen LogP contribution >= 0.6 is 12.2 Å². The predicted molar refractivity (Wildman–Crippen MR) is 75.2 cm³/mol. The molecule has 0 aliphatic carbocycles. The number of hydrogen-bond acceptors (Lipinski definition) is 4. The molecule has 0 fully saturated rings. The van der Waals surface area contributed by atoms with Gasteiger partial charge >= 0.3 is 0 Å². The van der Waals surface area contributed by atoms with E-state index in [1.54, 1.807) is 13.0 Å². The van der Waals surface area contributed by atoms with E-state index < -0.39 is 0 Å². The topological polar surface area (TPSA) is 71.6 Å². The van der Waals surface area contributed by atoms with Crippen molar-refractivity contribution >= 4 is 28.9 Å². The van der Waals surface area contributed by atoms with Crippen LogP contribution in [0.15, 0.2) is 18.2 Å². The number of hydrogen-bond donors (Lipinski definition) is 3. The summed E-state index contributed by atoms with van der Waals surface area (Å²) >= 11 is 5.05. The van der Waals surface area contributed by atoms with E-state index in [9.17, 15) is 4.79 Å². The minimum Gasteiger partial charge on any atom is -0.486 e. The number of fused-ring (bicyclic) bond motifs is 1. The summed E-state index contributed by atoms with van der Waals surface area (Å²) < 4.78 is 10.9. The van der Waals surface area contributed by atoms with Gasteiger partial charge in [-0.3, -0.25) is 15.6 Å². The molecule has 0 bridgehead atoms. The van der Waals surface area contributed by atoms with E-state index in [0.717, 1.165) is 11.4 Å². The Morgan fingerprint density at radius 1 is 1.26 bits per heavy atom. The first-order valence-corrected chi connectivity index (χ1v) is 6.35. The summed E-state index contributed by atoms with van der Waals surface area (Å²) in [5, 5.41) is 3.25. The van der Waals surface area contributed by atoms with Gasteiger partial charge < -0.3 is 14.8 Å². The minimum absolute atomic E-state index is 0.133. The first-order chi connectivity index (χ1) is 9.19. The van der Waals surface area contributed by atoms with Gasteiger partial charge in [0.1, 0.15) is 13.2 Å². The Morgan fingerprint density at radius 3 is 2.74 bits per heavy atom. The van der Waals surface area contributed by atoms with Crippen molar-refractivity contribution in [2.24, 2.45) is 0 Å². The molecule has 1 aliphatic heterocycles. The van der Waals surface area contributed by atoms with Crippen molar-refractivity contribution < 1.29 is 14.3 Å². The van der Waals surface area contributed by atoms with Gasteiger partial charge in [-0.05, 0) is 24.4 Å². The van der Waals surface area contributed by atoms with Gasteiger partial charge in [-0.15, -0.1) is 0 Å². The highest BCUT2D eigenvalue weighted by Gasteiger charge is 2.12. The van der Waals surface area contributed by atoms with E-state index in [-0.39, 0.29) is 5.91 Å². The quantitative estimate of drug-likeness (QED) is 0.558. The molecule has 2 rings (SSSR count). The lowest BCUT2D eigenvalue weighted by Crippen LogP contribution is -2.43. The van der Waals surface area contributed by atoms with Gasteiger partial charge in [-0.25, -0.2) is 0 Å². The van der Waals surface area contributed by atoms with Crippen LogP contribution in [0.25, 0.3) is 0 Å². The second kappa shape index (κ2) is 6.24. The fourth-order valence-electron chi connectivity index (χ4n) is 1.50. The number of carbonyl (C=O) groups excluding carboxylic acids is 1. The van der Waals surface area contributed by atoms with Crippen LogP contribution in [0.5, 0.6) is 11.5 Å². The standard InChI is InChI=1S/C12H15N3O3S/c1-2-11(16)14-15-12(19)13-8-3-4-9-10(7-8)18-6-5-17-9/h3-4,7H,2,5-6H2,1H3,(H,14,16)(H2,13,15,19). The molecular weight excluding hydrogens is 266 g/mol. The van der Waals surface area contributed by atoms with Crippen LogP contribution in [0, 0.1) is 0 Å². The summed E-state index contributed by atoms with van der Waals surface area (Å²) in [6.45, 7) is 2.85. The molecule has 1 heterocycles. The van der Waals surface area contributed by atoms with Crippen LogP contribution < -0.4 is 25.6 Å². The van der Waals surface area contributed by atoms with Gasteiger partial charge in [0.15, 0.2) is 16.6 Å². The number of amides is 1. The van der Waals surface area contributed by atoms with Gasteiger partial charge in [-0.1, -0.05) is 6.92 Å². The zero-order valence-electron chi connectivity index (χ0n) is 10.5. The zero-order valence-corrected chi connectivity index (χ0v) is 11.3. The average Bonchev–Trinajstić information content (AvgIpc) is 2.44. The highest BCUT2D eigenvalue weighted by atomic mass is 32.1. The average molecular weight is 281 g/mol. The Morgan fingerprint density at radius 2 is 2.00 bits per heavy atom. The molecular formula is C12H15N3O3S. The van der Waals surface area contributed by atoms with E-state index in [1.165, 1.54) is 0 Å². The molecule has 0 unspecified atom stereocenters. The highest BCUT2D eigenvalue weighted by Crippen LogP contribution is 2.32. The summed E-state index contributed by atoms with van der Waals surface area (Å²) in [5.41, 5.74) is 5.83. The molecule has 1 amide bonds. The summed E-state index contributed by atoms with van der Waals surface area (Å²) in [5.74, 6) is 1.26. The number of thiocarbonyl (C=S) groups is 1. The molecule has 7 heteroatoms. The zero-order chi connectivity index (χ0) is 13.7. The molecule has 6 nitrogen and oxygen atoms in total. The monoisotopic (exact) mass is 281 g/mol. The van der Waals surface area contributed by atoms with Crippen molar-refractivity contribution in [3.63, 3.8) is 0 Å². The maximum atomic E-state index is 11.1. The maximum Gasteiger partial charge on any atom is 0.238 e. The number of benzene rings is 1. The third kappa shape index (κ3) is 3.72. The first kappa shape index (κ1) is 13.4. The van der Waals surface area contributed by atoms with Crippen LogP contribution in [0.2, 0.25) is 0 Å². The lowest BCUT2D eigenvalue weighted by atomic mass is 10.2. The smallest absolute Gasteiger partial charge is 0.238 e. The second-order valence-corrected chi connectivity index (χ2v) is 4.25. The Kier molecular flexibility index (Phi) is 4.40. The van der Waals surface area contributed by atoms with Crippen molar-refractivity contribution in [3.8, 4) is 11.5 Å². The third-order valence-electron chi connectivity index (χ3n) is 2.44. The summed E-state index contributed by atoms with van der Waals surface area (Å²) in [6.07, 6.45) is 0.389. The minimum atomic E-state index is -0.133. The van der Waals surface area contributed by atoms with Gasteiger partial charge in [0.05, 0.1) is 0 Å². The van der Waals surface area contributed by atoms with Gasteiger partial charge in [0, 0.05) is 18.2 Å². The van der Waals surface area contributed by atoms with Crippen LogP contribution in [0.3, 0.4) is 0 Å². The molecule has 1 aromatic carbocycles. The molecule has 1 aromatic rings. The third-order valence-corrected chi connectivity index (χ3v) is 2.64. The van der Waals surface area contributed by atoms with Gasteiger partial charge in [-0.2, -0.15) is 0 Å². The van der Waals surface area contributed by atoms with Gasteiger partial charge in [0.2, 0.25) is 5.91 Å². The van der Waals surface area contributed by atoms with E-state index >= 15 is 0 Å².